The van der Waals surface area contributed by atoms with Gasteiger partial charge in [-0.25, -0.2) is 0 Å². The van der Waals surface area contributed by atoms with Gasteiger partial charge in [0.2, 0.25) is 0 Å². The number of H-pyrrole nitrogens is 1. The quantitative estimate of drug-likeness (QED) is 0.847. The molecule has 25 heavy (non-hydrogen) atoms. The summed E-state index contributed by atoms with van der Waals surface area (Å²) in [5.74, 6) is 1.09. The van der Waals surface area contributed by atoms with Crippen LogP contribution < -0.4 is 4.74 Å². The zero-order valence-electron chi connectivity index (χ0n) is 13.8. The number of rotatable bonds is 5. The summed E-state index contributed by atoms with van der Waals surface area (Å²) >= 11 is 1.67. The zero-order valence-corrected chi connectivity index (χ0v) is 14.6. The average molecular weight is 361 g/mol. The van der Waals surface area contributed by atoms with E-state index in [1.165, 1.54) is 0 Å². The molecule has 0 bridgehead atoms. The number of aliphatic carboxylic acids is 1. The van der Waals surface area contributed by atoms with Gasteiger partial charge in [0.25, 0.3) is 5.91 Å². The number of benzene rings is 1. The van der Waals surface area contributed by atoms with Crippen LogP contribution in [0.25, 0.3) is 11.3 Å². The fourth-order valence-corrected chi connectivity index (χ4v) is 3.85. The lowest BCUT2D eigenvalue weighted by atomic mass is 10.1. The number of carbonyl (C=O) groups is 2. The summed E-state index contributed by atoms with van der Waals surface area (Å²) in [4.78, 5) is 25.4. The minimum absolute atomic E-state index is 0.0434. The van der Waals surface area contributed by atoms with Crippen molar-refractivity contribution in [3.8, 4) is 17.0 Å². The Bertz CT molecular complexity index is 760. The van der Waals surface area contributed by atoms with Crippen molar-refractivity contribution < 1.29 is 19.4 Å². The second-order valence-corrected chi connectivity index (χ2v) is 6.87. The van der Waals surface area contributed by atoms with Crippen molar-refractivity contribution in [1.82, 2.24) is 15.1 Å². The molecule has 1 aliphatic rings. The number of amides is 1. The molecule has 0 aliphatic carbocycles. The summed E-state index contributed by atoms with van der Waals surface area (Å²) in [5, 5.41) is 16.0. The molecule has 3 rings (SSSR count). The minimum Gasteiger partial charge on any atom is -0.497 e. The van der Waals surface area contributed by atoms with Crippen LogP contribution in [0.4, 0.5) is 0 Å². The lowest BCUT2D eigenvalue weighted by Gasteiger charge is -2.34. The lowest BCUT2D eigenvalue weighted by molar-refractivity contribution is -0.138. The maximum Gasteiger partial charge on any atom is 0.305 e. The Hall–Kier alpha value is -2.48. The lowest BCUT2D eigenvalue weighted by Crippen LogP contribution is -2.47. The van der Waals surface area contributed by atoms with E-state index >= 15 is 0 Å². The second-order valence-electron chi connectivity index (χ2n) is 5.72. The van der Waals surface area contributed by atoms with Gasteiger partial charge in [-0.3, -0.25) is 14.7 Å². The van der Waals surface area contributed by atoms with E-state index in [4.69, 9.17) is 9.84 Å². The molecular weight excluding hydrogens is 342 g/mol. The summed E-state index contributed by atoms with van der Waals surface area (Å²) in [7, 11) is 1.60. The molecule has 1 aromatic heterocycles. The number of carbonyl (C=O) groups excluding carboxylic acids is 1. The molecule has 2 heterocycles. The van der Waals surface area contributed by atoms with Gasteiger partial charge < -0.3 is 14.7 Å². The predicted molar refractivity (Wildman–Crippen MR) is 95.0 cm³/mol. The Kier molecular flexibility index (Phi) is 5.28. The van der Waals surface area contributed by atoms with Gasteiger partial charge in [-0.1, -0.05) is 0 Å². The maximum absolute atomic E-state index is 12.8. The van der Waals surface area contributed by atoms with Crippen molar-refractivity contribution in [2.45, 2.75) is 12.5 Å². The number of carboxylic acid groups (broad SMARTS) is 1. The number of aromatic amines is 1. The van der Waals surface area contributed by atoms with E-state index in [0.717, 1.165) is 17.1 Å². The molecule has 0 saturated carbocycles. The van der Waals surface area contributed by atoms with Crippen LogP contribution in [0.5, 0.6) is 5.75 Å². The second kappa shape index (κ2) is 7.60. The fourth-order valence-electron chi connectivity index (χ4n) is 2.79. The molecule has 7 nitrogen and oxygen atoms in total. The standard InChI is InChI=1S/C17H19N3O4S/c1-24-13-4-2-11(3-5-13)14-9-15(19-18-14)17(23)20-6-7-25-10-12(20)8-16(21)22/h2-5,9,12H,6-8,10H2,1H3,(H,18,19)(H,21,22). The molecule has 1 aliphatic heterocycles. The van der Waals surface area contributed by atoms with Crippen molar-refractivity contribution >= 4 is 23.6 Å². The van der Waals surface area contributed by atoms with E-state index in [9.17, 15) is 9.59 Å². The third-order valence-corrected chi connectivity index (χ3v) is 5.18. The molecule has 1 aromatic carbocycles. The van der Waals surface area contributed by atoms with E-state index in [2.05, 4.69) is 10.2 Å². The van der Waals surface area contributed by atoms with Gasteiger partial charge in [-0.15, -0.1) is 0 Å². The zero-order chi connectivity index (χ0) is 17.8. The highest BCUT2D eigenvalue weighted by Gasteiger charge is 2.30. The predicted octanol–water partition coefficient (Wildman–Crippen LogP) is 2.12. The Morgan fingerprint density at radius 2 is 2.16 bits per heavy atom. The number of aromatic nitrogens is 2. The number of hydrogen-bond acceptors (Lipinski definition) is 5. The van der Waals surface area contributed by atoms with E-state index in [-0.39, 0.29) is 18.4 Å². The Morgan fingerprint density at radius 1 is 1.40 bits per heavy atom. The number of nitrogens with zero attached hydrogens (tertiary/aromatic N) is 2. The largest absolute Gasteiger partial charge is 0.497 e. The molecule has 8 heteroatoms. The van der Waals surface area contributed by atoms with Gasteiger partial charge >= 0.3 is 5.97 Å². The molecule has 132 valence electrons. The van der Waals surface area contributed by atoms with E-state index in [1.54, 1.807) is 29.8 Å². The topological polar surface area (TPSA) is 95.5 Å². The normalized spacial score (nSPS) is 17.3. The molecule has 1 saturated heterocycles. The van der Waals surface area contributed by atoms with Crippen molar-refractivity contribution in [1.29, 1.82) is 0 Å². The number of thioether (sulfide) groups is 1. The van der Waals surface area contributed by atoms with Crippen LogP contribution >= 0.6 is 11.8 Å². The molecule has 1 amide bonds. The number of hydrogen-bond donors (Lipinski definition) is 2. The van der Waals surface area contributed by atoms with Gasteiger partial charge in [0.15, 0.2) is 0 Å². The van der Waals surface area contributed by atoms with Crippen LogP contribution in [0.15, 0.2) is 30.3 Å². The first-order valence-electron chi connectivity index (χ1n) is 7.89. The minimum atomic E-state index is -0.895. The van der Waals surface area contributed by atoms with E-state index in [0.29, 0.717) is 23.7 Å². The van der Waals surface area contributed by atoms with Crippen molar-refractivity contribution in [2.75, 3.05) is 25.2 Å². The highest BCUT2D eigenvalue weighted by Crippen LogP contribution is 2.24. The van der Waals surface area contributed by atoms with Gasteiger partial charge in [-0.05, 0) is 30.3 Å². The number of nitrogens with one attached hydrogen (secondary N) is 1. The fraction of sp³-hybridized carbons (Fsp3) is 0.353. The number of methoxy groups -OCH3 is 1. The van der Waals surface area contributed by atoms with E-state index < -0.39 is 5.97 Å². The van der Waals surface area contributed by atoms with Crippen LogP contribution in [-0.2, 0) is 4.79 Å². The van der Waals surface area contributed by atoms with Crippen LogP contribution in [0.1, 0.15) is 16.9 Å². The molecule has 0 radical (unpaired) electrons. The summed E-state index contributed by atoms with van der Waals surface area (Å²) in [6.07, 6.45) is -0.0434. The van der Waals surface area contributed by atoms with Crippen LogP contribution in [0.3, 0.4) is 0 Å². The smallest absolute Gasteiger partial charge is 0.305 e. The first-order chi connectivity index (χ1) is 12.1. The molecule has 1 atom stereocenters. The molecule has 2 N–H and O–H groups in total. The molecule has 2 aromatic rings. The van der Waals surface area contributed by atoms with Crippen LogP contribution in [-0.4, -0.2) is 63.3 Å². The summed E-state index contributed by atoms with van der Waals surface area (Å²) in [6.45, 7) is 0.540. The first kappa shape index (κ1) is 17.3. The van der Waals surface area contributed by atoms with Crippen molar-refractivity contribution in [3.63, 3.8) is 0 Å². The van der Waals surface area contributed by atoms with Gasteiger partial charge in [-0.2, -0.15) is 16.9 Å². The van der Waals surface area contributed by atoms with Gasteiger partial charge in [0.1, 0.15) is 11.4 Å². The summed E-state index contributed by atoms with van der Waals surface area (Å²) < 4.78 is 5.13. The third kappa shape index (κ3) is 3.96. The molecule has 1 unspecified atom stereocenters. The van der Waals surface area contributed by atoms with Gasteiger partial charge in [0, 0.05) is 23.6 Å². The molecule has 1 fully saturated rings. The van der Waals surface area contributed by atoms with Crippen molar-refractivity contribution in [3.05, 3.63) is 36.0 Å². The van der Waals surface area contributed by atoms with Crippen LogP contribution in [0, 0.1) is 0 Å². The highest BCUT2D eigenvalue weighted by molar-refractivity contribution is 7.99. The molecular formula is C17H19N3O4S. The summed E-state index contributed by atoms with van der Waals surface area (Å²) in [5.41, 5.74) is 1.90. The Labute approximate surface area is 149 Å². The Morgan fingerprint density at radius 3 is 2.84 bits per heavy atom. The highest BCUT2D eigenvalue weighted by atomic mass is 32.2. The van der Waals surface area contributed by atoms with Crippen LogP contribution in [0.2, 0.25) is 0 Å². The summed E-state index contributed by atoms with van der Waals surface area (Å²) in [6, 6.07) is 8.80. The SMILES string of the molecule is COc1ccc(-c2cc(C(=O)N3CCSCC3CC(=O)O)[nH]n2)cc1. The monoisotopic (exact) mass is 361 g/mol. The Balaban J connectivity index is 1.77. The molecule has 0 spiro atoms. The first-order valence-corrected chi connectivity index (χ1v) is 9.04. The van der Waals surface area contributed by atoms with Gasteiger partial charge in [0.05, 0.1) is 25.3 Å². The van der Waals surface area contributed by atoms with E-state index in [1.807, 2.05) is 24.3 Å². The number of ether oxygens (including phenoxy) is 1. The number of carboxylic acids is 1. The maximum atomic E-state index is 12.8. The van der Waals surface area contributed by atoms with Crippen molar-refractivity contribution in [2.24, 2.45) is 0 Å². The third-order valence-electron chi connectivity index (χ3n) is 4.09. The average Bonchev–Trinajstić information content (AvgIpc) is 3.11.